The molecule has 0 radical (unpaired) electrons. The average molecular weight is 227 g/mol. The van der Waals surface area contributed by atoms with Crippen molar-refractivity contribution in [1.82, 2.24) is 5.32 Å². The second kappa shape index (κ2) is 10.1. The van der Waals surface area contributed by atoms with Crippen molar-refractivity contribution in [3.05, 3.63) is 0 Å². The minimum Gasteiger partial charge on any atom is -0.314 e. The normalized spacial score (nSPS) is 15.4. The van der Waals surface area contributed by atoms with Crippen molar-refractivity contribution in [2.24, 2.45) is 11.8 Å². The summed E-state index contributed by atoms with van der Waals surface area (Å²) in [6, 6.07) is 0.624. The Bertz CT molecular complexity index is 142. The van der Waals surface area contributed by atoms with E-state index >= 15 is 0 Å². The van der Waals surface area contributed by atoms with Crippen LogP contribution in [-0.4, -0.2) is 12.6 Å². The molecule has 0 bridgehead atoms. The van der Waals surface area contributed by atoms with Gasteiger partial charge in [-0.1, -0.05) is 73.1 Å². The zero-order chi connectivity index (χ0) is 12.4. The van der Waals surface area contributed by atoms with Crippen molar-refractivity contribution >= 4 is 0 Å². The Balaban J connectivity index is 3.43. The number of rotatable bonds is 10. The second-order valence-corrected chi connectivity index (χ2v) is 5.72. The highest BCUT2D eigenvalue weighted by Gasteiger charge is 2.11. The Morgan fingerprint density at radius 1 is 0.812 bits per heavy atom. The van der Waals surface area contributed by atoms with E-state index in [1.54, 1.807) is 0 Å². The third-order valence-corrected chi connectivity index (χ3v) is 3.58. The molecule has 2 atom stereocenters. The molecule has 0 rings (SSSR count). The van der Waals surface area contributed by atoms with Gasteiger partial charge in [0.1, 0.15) is 0 Å². The molecule has 0 aliphatic rings. The van der Waals surface area contributed by atoms with Crippen LogP contribution in [0.2, 0.25) is 0 Å². The lowest BCUT2D eigenvalue weighted by Gasteiger charge is -2.21. The molecule has 1 N–H and O–H groups in total. The molecule has 1 nitrogen and oxygen atoms in total. The average Bonchev–Trinajstić information content (AvgIpc) is 2.25. The van der Waals surface area contributed by atoms with Gasteiger partial charge in [-0.25, -0.2) is 0 Å². The first kappa shape index (κ1) is 16.0. The number of hydrogen-bond donors (Lipinski definition) is 1. The molecule has 16 heavy (non-hydrogen) atoms. The van der Waals surface area contributed by atoms with Gasteiger partial charge < -0.3 is 5.32 Å². The monoisotopic (exact) mass is 227 g/mol. The van der Waals surface area contributed by atoms with Gasteiger partial charge in [0.15, 0.2) is 0 Å². The first-order valence-electron chi connectivity index (χ1n) is 7.31. The lowest BCUT2D eigenvalue weighted by atomic mass is 9.90. The Morgan fingerprint density at radius 3 is 2.00 bits per heavy atom. The first-order chi connectivity index (χ1) is 7.57. The summed E-state index contributed by atoms with van der Waals surface area (Å²) in [7, 11) is 0. The van der Waals surface area contributed by atoms with Crippen molar-refractivity contribution in [1.29, 1.82) is 0 Å². The van der Waals surface area contributed by atoms with Crippen molar-refractivity contribution in [2.75, 3.05) is 6.54 Å². The van der Waals surface area contributed by atoms with E-state index in [2.05, 4.69) is 39.9 Å². The summed E-state index contributed by atoms with van der Waals surface area (Å²) < 4.78 is 0. The molecule has 0 spiro atoms. The SMILES string of the molecule is CCCCCCCC(C)C(C)CNC(C)C. The van der Waals surface area contributed by atoms with Crippen LogP contribution in [-0.2, 0) is 0 Å². The van der Waals surface area contributed by atoms with Gasteiger partial charge in [-0.05, 0) is 18.4 Å². The highest BCUT2D eigenvalue weighted by atomic mass is 14.9. The van der Waals surface area contributed by atoms with Crippen LogP contribution in [0.5, 0.6) is 0 Å². The highest BCUT2D eigenvalue weighted by Crippen LogP contribution is 2.18. The Labute approximate surface area is 103 Å². The predicted octanol–water partition coefficient (Wildman–Crippen LogP) is 4.62. The van der Waals surface area contributed by atoms with E-state index in [0.29, 0.717) is 6.04 Å². The van der Waals surface area contributed by atoms with Gasteiger partial charge >= 0.3 is 0 Å². The lowest BCUT2D eigenvalue weighted by molar-refractivity contribution is 0.328. The molecule has 0 aromatic heterocycles. The third-order valence-electron chi connectivity index (χ3n) is 3.58. The standard InChI is InChI=1S/C15H33N/c1-6-7-8-9-10-11-14(4)15(5)12-16-13(2)3/h13-16H,6-12H2,1-5H3. The minimum absolute atomic E-state index is 0.624. The summed E-state index contributed by atoms with van der Waals surface area (Å²) in [6.07, 6.45) is 8.46. The molecule has 0 amide bonds. The van der Waals surface area contributed by atoms with Crippen LogP contribution >= 0.6 is 0 Å². The topological polar surface area (TPSA) is 12.0 Å². The molecule has 2 unspecified atom stereocenters. The largest absolute Gasteiger partial charge is 0.314 e. The molecule has 0 saturated carbocycles. The van der Waals surface area contributed by atoms with Crippen LogP contribution in [0.1, 0.15) is 73.1 Å². The maximum Gasteiger partial charge on any atom is 0.00104 e. The van der Waals surface area contributed by atoms with Crippen LogP contribution in [0.15, 0.2) is 0 Å². The smallest absolute Gasteiger partial charge is 0.00104 e. The summed E-state index contributed by atoms with van der Waals surface area (Å²) in [5.74, 6) is 1.68. The van der Waals surface area contributed by atoms with Crippen LogP contribution in [0.25, 0.3) is 0 Å². The van der Waals surface area contributed by atoms with Crippen molar-refractivity contribution in [2.45, 2.75) is 79.2 Å². The van der Waals surface area contributed by atoms with E-state index in [1.165, 1.54) is 45.1 Å². The summed E-state index contributed by atoms with van der Waals surface area (Å²) in [5.41, 5.74) is 0. The van der Waals surface area contributed by atoms with Gasteiger partial charge in [0.25, 0.3) is 0 Å². The van der Waals surface area contributed by atoms with E-state index in [1.807, 2.05) is 0 Å². The molecule has 0 fully saturated rings. The van der Waals surface area contributed by atoms with Crippen LogP contribution < -0.4 is 5.32 Å². The zero-order valence-corrected chi connectivity index (χ0v) is 12.2. The summed E-state index contributed by atoms with van der Waals surface area (Å²) in [6.45, 7) is 12.7. The van der Waals surface area contributed by atoms with E-state index < -0.39 is 0 Å². The second-order valence-electron chi connectivity index (χ2n) is 5.72. The van der Waals surface area contributed by atoms with Crippen LogP contribution in [0.4, 0.5) is 0 Å². The first-order valence-corrected chi connectivity index (χ1v) is 7.31. The van der Waals surface area contributed by atoms with Gasteiger partial charge in [-0.15, -0.1) is 0 Å². The van der Waals surface area contributed by atoms with Gasteiger partial charge in [0.2, 0.25) is 0 Å². The summed E-state index contributed by atoms with van der Waals surface area (Å²) >= 11 is 0. The highest BCUT2D eigenvalue weighted by molar-refractivity contribution is 4.66. The van der Waals surface area contributed by atoms with E-state index in [9.17, 15) is 0 Å². The molecular weight excluding hydrogens is 194 g/mol. The fourth-order valence-electron chi connectivity index (χ4n) is 1.98. The summed E-state index contributed by atoms with van der Waals surface area (Å²) in [4.78, 5) is 0. The summed E-state index contributed by atoms with van der Waals surface area (Å²) in [5, 5.41) is 3.54. The van der Waals surface area contributed by atoms with Crippen LogP contribution in [0, 0.1) is 11.8 Å². The van der Waals surface area contributed by atoms with E-state index in [-0.39, 0.29) is 0 Å². The van der Waals surface area contributed by atoms with E-state index in [4.69, 9.17) is 0 Å². The third kappa shape index (κ3) is 9.21. The van der Waals surface area contributed by atoms with Crippen molar-refractivity contribution < 1.29 is 0 Å². The van der Waals surface area contributed by atoms with Crippen molar-refractivity contribution in [3.63, 3.8) is 0 Å². The molecule has 0 aliphatic carbocycles. The fraction of sp³-hybridized carbons (Fsp3) is 1.00. The molecule has 0 aromatic carbocycles. The molecular formula is C15H33N. The zero-order valence-electron chi connectivity index (χ0n) is 12.2. The minimum atomic E-state index is 0.624. The fourth-order valence-corrected chi connectivity index (χ4v) is 1.98. The van der Waals surface area contributed by atoms with Gasteiger partial charge in [0.05, 0.1) is 0 Å². The van der Waals surface area contributed by atoms with Crippen LogP contribution in [0.3, 0.4) is 0 Å². The number of unbranched alkanes of at least 4 members (excludes halogenated alkanes) is 4. The Kier molecular flexibility index (Phi) is 10.1. The Hall–Kier alpha value is -0.0400. The van der Waals surface area contributed by atoms with Gasteiger partial charge in [-0.3, -0.25) is 0 Å². The van der Waals surface area contributed by atoms with Gasteiger partial charge in [-0.2, -0.15) is 0 Å². The quantitative estimate of drug-likeness (QED) is 0.537. The van der Waals surface area contributed by atoms with E-state index in [0.717, 1.165) is 11.8 Å². The lowest BCUT2D eigenvalue weighted by Crippen LogP contribution is -2.30. The molecule has 0 heterocycles. The maximum absolute atomic E-state index is 3.54. The predicted molar refractivity (Wildman–Crippen MR) is 74.8 cm³/mol. The number of nitrogens with one attached hydrogen (secondary N) is 1. The molecule has 1 heteroatoms. The molecule has 0 aliphatic heterocycles. The van der Waals surface area contributed by atoms with Gasteiger partial charge in [0, 0.05) is 6.04 Å². The Morgan fingerprint density at radius 2 is 1.44 bits per heavy atom. The molecule has 0 aromatic rings. The molecule has 98 valence electrons. The van der Waals surface area contributed by atoms with Crippen molar-refractivity contribution in [3.8, 4) is 0 Å². The maximum atomic E-state index is 3.54. The number of hydrogen-bond acceptors (Lipinski definition) is 1. The molecule has 0 saturated heterocycles.